The summed E-state index contributed by atoms with van der Waals surface area (Å²) in [5, 5.41) is 15.4. The Morgan fingerprint density at radius 1 is 1.30 bits per heavy atom. The fraction of sp³-hybridized carbons (Fsp3) is 0.412. The van der Waals surface area contributed by atoms with Gasteiger partial charge in [0.25, 0.3) is 11.5 Å². The summed E-state index contributed by atoms with van der Waals surface area (Å²) in [4.78, 5) is 24.2. The van der Waals surface area contributed by atoms with Crippen molar-refractivity contribution in [2.75, 3.05) is 6.54 Å². The van der Waals surface area contributed by atoms with Gasteiger partial charge in [0.15, 0.2) is 0 Å². The van der Waals surface area contributed by atoms with Crippen molar-refractivity contribution in [2.24, 2.45) is 5.41 Å². The number of aromatic nitrogens is 2. The molecule has 1 heterocycles. The summed E-state index contributed by atoms with van der Waals surface area (Å²) in [5.74, 6) is -0.420. The summed E-state index contributed by atoms with van der Waals surface area (Å²) in [7, 11) is 0. The lowest BCUT2D eigenvalue weighted by Crippen LogP contribution is -2.39. The van der Waals surface area contributed by atoms with Gasteiger partial charge in [-0.15, -0.1) is 0 Å². The number of carbonyl (C=O) groups is 1. The second-order valence-corrected chi connectivity index (χ2v) is 6.77. The zero-order valence-corrected chi connectivity index (χ0v) is 13.9. The first kappa shape index (κ1) is 17.0. The molecule has 1 aromatic heterocycles. The standard InChI is InChI=1S/C17H23N3O3/c1-11-5-7-12(8-6-11)20-15(22)9-13(19-20)16(23)18-10-14(21)17(2,3)4/h5-9,14,19,21H,10H2,1-4H3,(H,18,23). The Balaban J connectivity index is 2.13. The Bertz CT molecular complexity index is 736. The molecule has 0 saturated heterocycles. The van der Waals surface area contributed by atoms with Crippen LogP contribution in [0.3, 0.4) is 0 Å². The lowest BCUT2D eigenvalue weighted by molar-refractivity contribution is 0.0585. The van der Waals surface area contributed by atoms with E-state index in [1.54, 1.807) is 12.1 Å². The first-order chi connectivity index (χ1) is 10.7. The number of hydrogen-bond acceptors (Lipinski definition) is 3. The van der Waals surface area contributed by atoms with Crippen LogP contribution in [-0.4, -0.2) is 33.4 Å². The van der Waals surface area contributed by atoms with Crippen molar-refractivity contribution < 1.29 is 9.90 Å². The van der Waals surface area contributed by atoms with Gasteiger partial charge in [-0.1, -0.05) is 38.5 Å². The molecule has 0 aliphatic heterocycles. The molecule has 3 N–H and O–H groups in total. The van der Waals surface area contributed by atoms with Crippen molar-refractivity contribution in [1.82, 2.24) is 15.1 Å². The molecule has 6 nitrogen and oxygen atoms in total. The third kappa shape index (κ3) is 4.10. The number of aliphatic hydroxyl groups is 1. The van der Waals surface area contributed by atoms with Crippen LogP contribution in [0.15, 0.2) is 35.1 Å². The molecule has 23 heavy (non-hydrogen) atoms. The lowest BCUT2D eigenvalue weighted by Gasteiger charge is -2.25. The van der Waals surface area contributed by atoms with Gasteiger partial charge in [0.05, 0.1) is 11.8 Å². The monoisotopic (exact) mass is 317 g/mol. The lowest BCUT2D eigenvalue weighted by atomic mass is 9.89. The molecular formula is C17H23N3O3. The smallest absolute Gasteiger partial charge is 0.271 e. The van der Waals surface area contributed by atoms with Crippen LogP contribution in [0.2, 0.25) is 0 Å². The maximum absolute atomic E-state index is 12.1. The van der Waals surface area contributed by atoms with Gasteiger partial charge in [-0.05, 0) is 24.5 Å². The average Bonchev–Trinajstić information content (AvgIpc) is 2.86. The predicted octanol–water partition coefficient (Wildman–Crippen LogP) is 1.61. The van der Waals surface area contributed by atoms with Gasteiger partial charge >= 0.3 is 0 Å². The van der Waals surface area contributed by atoms with Gasteiger partial charge in [0, 0.05) is 12.6 Å². The van der Waals surface area contributed by atoms with Crippen molar-refractivity contribution in [3.8, 4) is 5.69 Å². The fourth-order valence-electron chi connectivity index (χ4n) is 1.99. The van der Waals surface area contributed by atoms with E-state index in [1.807, 2.05) is 39.8 Å². The number of amides is 1. The first-order valence-electron chi connectivity index (χ1n) is 7.54. The normalized spacial score (nSPS) is 12.9. The molecule has 124 valence electrons. The Morgan fingerprint density at radius 2 is 1.91 bits per heavy atom. The quantitative estimate of drug-likeness (QED) is 0.800. The number of H-pyrrole nitrogens is 1. The minimum Gasteiger partial charge on any atom is -0.391 e. The minimum absolute atomic E-state index is 0.125. The summed E-state index contributed by atoms with van der Waals surface area (Å²) in [5.41, 5.74) is 1.28. The van der Waals surface area contributed by atoms with Crippen molar-refractivity contribution in [1.29, 1.82) is 0 Å². The largest absolute Gasteiger partial charge is 0.391 e. The van der Waals surface area contributed by atoms with Gasteiger partial charge in [-0.2, -0.15) is 0 Å². The van der Waals surface area contributed by atoms with E-state index in [0.717, 1.165) is 5.56 Å². The summed E-state index contributed by atoms with van der Waals surface area (Å²) in [6.45, 7) is 7.75. The Kier molecular flexibility index (Phi) is 4.75. The number of aromatic amines is 1. The van der Waals surface area contributed by atoms with Crippen molar-refractivity contribution >= 4 is 5.91 Å². The Morgan fingerprint density at radius 3 is 2.48 bits per heavy atom. The number of carbonyl (C=O) groups excluding carboxylic acids is 1. The molecule has 2 aromatic rings. The second kappa shape index (κ2) is 6.42. The van der Waals surface area contributed by atoms with Crippen molar-refractivity contribution in [2.45, 2.75) is 33.8 Å². The van der Waals surface area contributed by atoms with E-state index in [0.29, 0.717) is 5.69 Å². The highest BCUT2D eigenvalue weighted by molar-refractivity contribution is 5.92. The van der Waals surface area contributed by atoms with Gasteiger partial charge in [0.2, 0.25) is 0 Å². The van der Waals surface area contributed by atoms with Crippen LogP contribution in [0.5, 0.6) is 0 Å². The number of benzene rings is 1. The van der Waals surface area contributed by atoms with E-state index < -0.39 is 12.0 Å². The van der Waals surface area contributed by atoms with Crippen molar-refractivity contribution in [3.05, 3.63) is 51.9 Å². The number of aliphatic hydroxyl groups excluding tert-OH is 1. The molecule has 0 spiro atoms. The highest BCUT2D eigenvalue weighted by Gasteiger charge is 2.23. The SMILES string of the molecule is Cc1ccc(-n2[nH]c(C(=O)NCC(O)C(C)(C)C)cc2=O)cc1. The van der Waals surface area contributed by atoms with Gasteiger partial charge in [-0.3, -0.25) is 14.7 Å². The zero-order chi connectivity index (χ0) is 17.2. The van der Waals surface area contributed by atoms with E-state index in [-0.39, 0.29) is 23.2 Å². The Labute approximate surface area is 135 Å². The van der Waals surface area contributed by atoms with Crippen LogP contribution in [0, 0.1) is 12.3 Å². The third-order valence-electron chi connectivity index (χ3n) is 3.71. The van der Waals surface area contributed by atoms with Crippen LogP contribution >= 0.6 is 0 Å². The van der Waals surface area contributed by atoms with Crippen LogP contribution in [-0.2, 0) is 0 Å². The van der Waals surface area contributed by atoms with Crippen LogP contribution < -0.4 is 10.9 Å². The number of nitrogens with one attached hydrogen (secondary N) is 2. The molecule has 1 atom stereocenters. The molecule has 0 fully saturated rings. The van der Waals surface area contributed by atoms with E-state index in [2.05, 4.69) is 10.4 Å². The summed E-state index contributed by atoms with van der Waals surface area (Å²) in [6, 6.07) is 8.64. The number of rotatable bonds is 4. The van der Waals surface area contributed by atoms with Crippen LogP contribution in [0.25, 0.3) is 5.69 Å². The van der Waals surface area contributed by atoms with E-state index in [4.69, 9.17) is 0 Å². The van der Waals surface area contributed by atoms with Crippen molar-refractivity contribution in [3.63, 3.8) is 0 Å². The molecule has 0 radical (unpaired) electrons. The van der Waals surface area contributed by atoms with Crippen LogP contribution in [0.4, 0.5) is 0 Å². The molecule has 1 amide bonds. The molecule has 0 saturated carbocycles. The predicted molar refractivity (Wildman–Crippen MR) is 88.9 cm³/mol. The molecule has 2 rings (SSSR count). The molecule has 0 aliphatic rings. The summed E-state index contributed by atoms with van der Waals surface area (Å²) in [6.07, 6.45) is -0.669. The van der Waals surface area contributed by atoms with Gasteiger partial charge in [0.1, 0.15) is 5.69 Å². The molecule has 0 aliphatic carbocycles. The minimum atomic E-state index is -0.669. The van der Waals surface area contributed by atoms with Gasteiger partial charge < -0.3 is 10.4 Å². The molecule has 1 aromatic carbocycles. The van der Waals surface area contributed by atoms with Gasteiger partial charge in [-0.25, -0.2) is 4.68 Å². The molecule has 6 heteroatoms. The molecule has 1 unspecified atom stereocenters. The average molecular weight is 317 g/mol. The maximum atomic E-state index is 12.1. The first-order valence-corrected chi connectivity index (χ1v) is 7.54. The highest BCUT2D eigenvalue weighted by atomic mass is 16.3. The number of aryl methyl sites for hydroxylation is 1. The molecular weight excluding hydrogens is 294 g/mol. The number of nitrogens with zero attached hydrogens (tertiary/aromatic N) is 1. The number of hydrogen-bond donors (Lipinski definition) is 3. The summed E-state index contributed by atoms with van der Waals surface area (Å²) >= 11 is 0. The molecule has 0 bridgehead atoms. The van der Waals surface area contributed by atoms with Crippen LogP contribution in [0.1, 0.15) is 36.8 Å². The summed E-state index contributed by atoms with van der Waals surface area (Å²) < 4.78 is 1.31. The topological polar surface area (TPSA) is 87.1 Å². The van der Waals surface area contributed by atoms with E-state index in [9.17, 15) is 14.7 Å². The third-order valence-corrected chi connectivity index (χ3v) is 3.71. The highest BCUT2D eigenvalue weighted by Crippen LogP contribution is 2.18. The Hall–Kier alpha value is -2.34. The maximum Gasteiger partial charge on any atom is 0.271 e. The fourth-order valence-corrected chi connectivity index (χ4v) is 1.99. The zero-order valence-electron chi connectivity index (χ0n) is 13.9. The second-order valence-electron chi connectivity index (χ2n) is 6.77. The van der Waals surface area contributed by atoms with E-state index >= 15 is 0 Å². The van der Waals surface area contributed by atoms with E-state index in [1.165, 1.54) is 10.7 Å².